The van der Waals surface area contributed by atoms with Gasteiger partial charge in [-0.1, -0.05) is 35.2 Å². The standard InChI is InChI=1S/C20H24BrN3O/c1-2-25-13-19-23-18-11-22-17-10-15(21)8-9-16(17)20(18)24(19)12-14-6-4-3-5-7-14/h8-11,14H,2-7,12-13H2,1H3. The maximum Gasteiger partial charge on any atom is 0.136 e. The number of aromatic nitrogens is 3. The summed E-state index contributed by atoms with van der Waals surface area (Å²) < 4.78 is 9.16. The Bertz CT molecular complexity index is 883. The first kappa shape index (κ1) is 17.0. The molecule has 1 aliphatic carbocycles. The van der Waals surface area contributed by atoms with Crippen LogP contribution in [-0.4, -0.2) is 21.1 Å². The fourth-order valence-electron chi connectivity index (χ4n) is 3.96. The molecule has 0 unspecified atom stereocenters. The Hall–Kier alpha value is -1.46. The summed E-state index contributed by atoms with van der Waals surface area (Å²) in [6, 6.07) is 6.32. The summed E-state index contributed by atoms with van der Waals surface area (Å²) in [6.07, 6.45) is 8.64. The smallest absolute Gasteiger partial charge is 0.136 e. The summed E-state index contributed by atoms with van der Waals surface area (Å²) in [4.78, 5) is 9.46. The molecule has 2 heterocycles. The van der Waals surface area contributed by atoms with Gasteiger partial charge in [-0.15, -0.1) is 0 Å². The third-order valence-electron chi connectivity index (χ3n) is 5.22. The molecule has 0 atom stereocenters. The molecule has 0 amide bonds. The minimum absolute atomic E-state index is 0.565. The number of fused-ring (bicyclic) bond motifs is 3. The average Bonchev–Trinajstić information content (AvgIpc) is 2.98. The number of halogens is 1. The van der Waals surface area contributed by atoms with Crippen LogP contribution < -0.4 is 0 Å². The highest BCUT2D eigenvalue weighted by Gasteiger charge is 2.20. The zero-order chi connectivity index (χ0) is 17.2. The lowest BCUT2D eigenvalue weighted by molar-refractivity contribution is 0.124. The van der Waals surface area contributed by atoms with Gasteiger partial charge >= 0.3 is 0 Å². The zero-order valence-corrected chi connectivity index (χ0v) is 16.3. The number of benzene rings is 1. The van der Waals surface area contributed by atoms with Gasteiger partial charge in [-0.25, -0.2) is 4.98 Å². The molecule has 0 radical (unpaired) electrons. The number of hydrogen-bond acceptors (Lipinski definition) is 3. The van der Waals surface area contributed by atoms with Gasteiger partial charge in [0.15, 0.2) is 0 Å². The molecule has 1 aromatic carbocycles. The molecule has 0 spiro atoms. The lowest BCUT2D eigenvalue weighted by Crippen LogP contribution is -2.16. The van der Waals surface area contributed by atoms with E-state index in [0.717, 1.165) is 33.8 Å². The molecule has 25 heavy (non-hydrogen) atoms. The lowest BCUT2D eigenvalue weighted by Gasteiger charge is -2.23. The van der Waals surface area contributed by atoms with Gasteiger partial charge in [0.1, 0.15) is 17.9 Å². The molecule has 1 fully saturated rings. The van der Waals surface area contributed by atoms with Crippen LogP contribution in [0.25, 0.3) is 21.9 Å². The molecule has 4 nitrogen and oxygen atoms in total. The van der Waals surface area contributed by atoms with Gasteiger partial charge in [-0.05, 0) is 43.9 Å². The summed E-state index contributed by atoms with van der Waals surface area (Å²) in [5, 5.41) is 1.17. The van der Waals surface area contributed by atoms with E-state index in [0.29, 0.717) is 13.2 Å². The van der Waals surface area contributed by atoms with E-state index in [9.17, 15) is 0 Å². The van der Waals surface area contributed by atoms with Crippen LogP contribution in [0.1, 0.15) is 44.9 Å². The minimum atomic E-state index is 0.565. The monoisotopic (exact) mass is 401 g/mol. The summed E-state index contributed by atoms with van der Waals surface area (Å²) >= 11 is 3.55. The van der Waals surface area contributed by atoms with Crippen LogP contribution in [0.2, 0.25) is 0 Å². The second-order valence-electron chi connectivity index (χ2n) is 6.93. The van der Waals surface area contributed by atoms with Crippen molar-refractivity contribution in [3.05, 3.63) is 34.7 Å². The minimum Gasteiger partial charge on any atom is -0.374 e. The number of hydrogen-bond donors (Lipinski definition) is 0. The van der Waals surface area contributed by atoms with Crippen molar-refractivity contribution < 1.29 is 4.74 Å². The van der Waals surface area contributed by atoms with E-state index < -0.39 is 0 Å². The molecule has 4 rings (SSSR count). The van der Waals surface area contributed by atoms with Crippen LogP contribution in [0, 0.1) is 5.92 Å². The molecule has 1 aliphatic rings. The summed E-state index contributed by atoms with van der Waals surface area (Å²) in [5.74, 6) is 1.77. The number of nitrogens with zero attached hydrogens (tertiary/aromatic N) is 3. The molecular weight excluding hydrogens is 378 g/mol. The first-order chi connectivity index (χ1) is 12.3. The summed E-state index contributed by atoms with van der Waals surface area (Å²) in [6.45, 7) is 4.34. The van der Waals surface area contributed by atoms with Gasteiger partial charge in [-0.2, -0.15) is 0 Å². The Morgan fingerprint density at radius 2 is 2.04 bits per heavy atom. The number of ether oxygens (including phenoxy) is 1. The van der Waals surface area contributed by atoms with Crippen LogP contribution >= 0.6 is 15.9 Å². The van der Waals surface area contributed by atoms with Crippen molar-refractivity contribution in [2.24, 2.45) is 5.92 Å². The van der Waals surface area contributed by atoms with Gasteiger partial charge < -0.3 is 9.30 Å². The number of imidazole rings is 1. The van der Waals surface area contributed by atoms with Crippen molar-refractivity contribution >= 4 is 37.9 Å². The van der Waals surface area contributed by atoms with Crippen molar-refractivity contribution in [1.82, 2.24) is 14.5 Å². The van der Waals surface area contributed by atoms with Crippen LogP contribution in [0.3, 0.4) is 0 Å². The van der Waals surface area contributed by atoms with Crippen LogP contribution in [-0.2, 0) is 17.9 Å². The van der Waals surface area contributed by atoms with E-state index >= 15 is 0 Å². The first-order valence-electron chi connectivity index (χ1n) is 9.27. The third kappa shape index (κ3) is 3.44. The van der Waals surface area contributed by atoms with E-state index in [1.54, 1.807) is 0 Å². The van der Waals surface area contributed by atoms with Crippen molar-refractivity contribution in [2.45, 2.75) is 52.2 Å². The van der Waals surface area contributed by atoms with Crippen molar-refractivity contribution in [3.8, 4) is 0 Å². The van der Waals surface area contributed by atoms with E-state index in [2.05, 4.69) is 43.7 Å². The average molecular weight is 402 g/mol. The fraction of sp³-hybridized carbons (Fsp3) is 0.500. The van der Waals surface area contributed by atoms with Gasteiger partial charge in [0.2, 0.25) is 0 Å². The van der Waals surface area contributed by atoms with Crippen molar-refractivity contribution in [3.63, 3.8) is 0 Å². The Morgan fingerprint density at radius 3 is 2.84 bits per heavy atom. The number of rotatable bonds is 5. The van der Waals surface area contributed by atoms with Crippen LogP contribution in [0.5, 0.6) is 0 Å². The summed E-state index contributed by atoms with van der Waals surface area (Å²) in [5.41, 5.74) is 3.19. The maximum absolute atomic E-state index is 5.70. The normalized spacial score (nSPS) is 16.1. The summed E-state index contributed by atoms with van der Waals surface area (Å²) in [7, 11) is 0. The Kier molecular flexibility index (Phi) is 5.04. The molecule has 3 aromatic rings. The predicted molar refractivity (Wildman–Crippen MR) is 105 cm³/mol. The Labute approximate surface area is 156 Å². The van der Waals surface area contributed by atoms with Gasteiger partial charge in [0, 0.05) is 23.0 Å². The second kappa shape index (κ2) is 7.42. The predicted octanol–water partition coefficient (Wildman–Crippen LogP) is 5.46. The molecule has 132 valence electrons. The highest BCUT2D eigenvalue weighted by molar-refractivity contribution is 9.10. The largest absolute Gasteiger partial charge is 0.374 e. The van der Waals surface area contributed by atoms with E-state index in [1.807, 2.05) is 13.1 Å². The second-order valence-corrected chi connectivity index (χ2v) is 7.85. The topological polar surface area (TPSA) is 39.9 Å². The van der Waals surface area contributed by atoms with Crippen LogP contribution in [0.4, 0.5) is 0 Å². The quantitative estimate of drug-likeness (QED) is 0.569. The number of pyridine rings is 1. The molecular formula is C20H24BrN3O. The van der Waals surface area contributed by atoms with E-state index in [4.69, 9.17) is 9.72 Å². The molecule has 0 aliphatic heterocycles. The van der Waals surface area contributed by atoms with E-state index in [1.165, 1.54) is 43.0 Å². The van der Waals surface area contributed by atoms with Crippen LogP contribution in [0.15, 0.2) is 28.9 Å². The lowest BCUT2D eigenvalue weighted by atomic mass is 9.89. The molecule has 1 saturated carbocycles. The zero-order valence-electron chi connectivity index (χ0n) is 14.7. The highest BCUT2D eigenvalue weighted by Crippen LogP contribution is 2.31. The van der Waals surface area contributed by atoms with Crippen molar-refractivity contribution in [2.75, 3.05) is 6.61 Å². The van der Waals surface area contributed by atoms with E-state index in [-0.39, 0.29) is 0 Å². The van der Waals surface area contributed by atoms with Crippen molar-refractivity contribution in [1.29, 1.82) is 0 Å². The SMILES string of the molecule is CCOCc1nc2cnc3cc(Br)ccc3c2n1CC1CCCCC1. The molecule has 2 aromatic heterocycles. The molecule has 0 bridgehead atoms. The molecule has 0 N–H and O–H groups in total. The van der Waals surface area contributed by atoms with Gasteiger partial charge in [0.05, 0.1) is 17.2 Å². The highest BCUT2D eigenvalue weighted by atomic mass is 79.9. The molecule has 5 heteroatoms. The fourth-order valence-corrected chi connectivity index (χ4v) is 4.31. The first-order valence-corrected chi connectivity index (χ1v) is 10.1. The Balaban J connectivity index is 1.84. The van der Waals surface area contributed by atoms with Gasteiger partial charge in [-0.3, -0.25) is 4.98 Å². The maximum atomic E-state index is 5.70. The Morgan fingerprint density at radius 1 is 1.20 bits per heavy atom. The third-order valence-corrected chi connectivity index (χ3v) is 5.71. The molecule has 0 saturated heterocycles. The van der Waals surface area contributed by atoms with Gasteiger partial charge in [0.25, 0.3) is 0 Å².